The molecule has 2 rings (SSSR count). The van der Waals surface area contributed by atoms with Crippen molar-refractivity contribution in [2.24, 2.45) is 5.92 Å². The summed E-state index contributed by atoms with van der Waals surface area (Å²) in [6.07, 6.45) is 9.15. The smallest absolute Gasteiger partial charge is 0.188 e. The molecule has 1 saturated carbocycles. The number of benzene rings is 1. The minimum atomic E-state index is 0.0988. The van der Waals surface area contributed by atoms with E-state index in [0.717, 1.165) is 17.9 Å². The molecule has 19 heavy (non-hydrogen) atoms. The van der Waals surface area contributed by atoms with Gasteiger partial charge in [0.15, 0.2) is 5.78 Å². The first-order valence-corrected chi connectivity index (χ1v) is 7.41. The van der Waals surface area contributed by atoms with Crippen LogP contribution in [0.25, 0.3) is 0 Å². The molecule has 1 fully saturated rings. The standard InChI is InChI=1S/C17H24O2/c1-19-13-17(18)16-10-6-5-9-15(16)12-11-14-7-3-2-4-8-14/h5-6,9-10,14H,2-4,7-8,11-13H2,1H3. The number of carbonyl (C=O) groups excluding carboxylic acids is 1. The van der Waals surface area contributed by atoms with Crippen LogP contribution in [0.5, 0.6) is 0 Å². The molecule has 0 bridgehead atoms. The Labute approximate surface area is 116 Å². The number of hydrogen-bond acceptors (Lipinski definition) is 2. The Kier molecular flexibility index (Phi) is 5.59. The van der Waals surface area contributed by atoms with Crippen molar-refractivity contribution in [3.63, 3.8) is 0 Å². The van der Waals surface area contributed by atoms with Crippen LogP contribution in [0, 0.1) is 5.92 Å². The quantitative estimate of drug-likeness (QED) is 0.722. The Morgan fingerprint density at radius 2 is 1.95 bits per heavy atom. The topological polar surface area (TPSA) is 26.3 Å². The van der Waals surface area contributed by atoms with Gasteiger partial charge in [-0.15, -0.1) is 0 Å². The Hall–Kier alpha value is -1.15. The highest BCUT2D eigenvalue weighted by Crippen LogP contribution is 2.28. The van der Waals surface area contributed by atoms with Gasteiger partial charge in [-0.05, 0) is 24.3 Å². The summed E-state index contributed by atoms with van der Waals surface area (Å²) in [4.78, 5) is 12.0. The summed E-state index contributed by atoms with van der Waals surface area (Å²) in [6.45, 7) is 0.181. The van der Waals surface area contributed by atoms with Crippen LogP contribution in [0.3, 0.4) is 0 Å². The molecule has 0 amide bonds. The van der Waals surface area contributed by atoms with Crippen molar-refractivity contribution in [3.8, 4) is 0 Å². The summed E-state index contributed by atoms with van der Waals surface area (Å²) < 4.78 is 4.96. The number of aryl methyl sites for hydroxylation is 1. The third kappa shape index (κ3) is 4.17. The molecule has 0 unspecified atom stereocenters. The number of ether oxygens (including phenoxy) is 1. The summed E-state index contributed by atoms with van der Waals surface area (Å²) in [5.74, 6) is 0.959. The molecule has 0 N–H and O–H groups in total. The maximum Gasteiger partial charge on any atom is 0.188 e. The predicted octanol–water partition coefficient (Wildman–Crippen LogP) is 4.03. The van der Waals surface area contributed by atoms with Crippen molar-refractivity contribution < 1.29 is 9.53 Å². The van der Waals surface area contributed by atoms with Crippen LogP contribution in [0.4, 0.5) is 0 Å². The summed E-state index contributed by atoms with van der Waals surface area (Å²) >= 11 is 0. The second-order valence-corrected chi connectivity index (χ2v) is 5.56. The molecule has 1 aromatic carbocycles. The van der Waals surface area contributed by atoms with Crippen molar-refractivity contribution >= 4 is 5.78 Å². The molecular weight excluding hydrogens is 236 g/mol. The van der Waals surface area contributed by atoms with Gasteiger partial charge in [0.25, 0.3) is 0 Å². The fourth-order valence-corrected chi connectivity index (χ4v) is 3.05. The molecule has 1 aliphatic carbocycles. The molecule has 2 heteroatoms. The third-order valence-electron chi connectivity index (χ3n) is 4.14. The van der Waals surface area contributed by atoms with E-state index in [1.807, 2.05) is 18.2 Å². The lowest BCUT2D eigenvalue weighted by molar-refractivity contribution is 0.0847. The van der Waals surface area contributed by atoms with E-state index in [-0.39, 0.29) is 12.4 Å². The van der Waals surface area contributed by atoms with Crippen molar-refractivity contribution in [1.29, 1.82) is 0 Å². The van der Waals surface area contributed by atoms with Crippen LogP contribution >= 0.6 is 0 Å². The largest absolute Gasteiger partial charge is 0.377 e. The molecule has 0 spiro atoms. The molecule has 0 heterocycles. The van der Waals surface area contributed by atoms with Gasteiger partial charge in [0, 0.05) is 12.7 Å². The number of methoxy groups -OCH3 is 1. The van der Waals surface area contributed by atoms with Gasteiger partial charge >= 0.3 is 0 Å². The molecule has 104 valence electrons. The normalized spacial score (nSPS) is 16.5. The van der Waals surface area contributed by atoms with Crippen LogP contribution in [0.1, 0.15) is 54.4 Å². The van der Waals surface area contributed by atoms with Gasteiger partial charge in [-0.25, -0.2) is 0 Å². The average molecular weight is 260 g/mol. The lowest BCUT2D eigenvalue weighted by Gasteiger charge is -2.21. The van der Waals surface area contributed by atoms with Gasteiger partial charge in [-0.2, -0.15) is 0 Å². The molecule has 1 aromatic rings. The number of hydrogen-bond donors (Lipinski definition) is 0. The van der Waals surface area contributed by atoms with E-state index in [9.17, 15) is 4.79 Å². The zero-order chi connectivity index (χ0) is 13.5. The van der Waals surface area contributed by atoms with E-state index in [1.54, 1.807) is 7.11 Å². The van der Waals surface area contributed by atoms with Crippen LogP contribution in [-0.4, -0.2) is 19.5 Å². The van der Waals surface area contributed by atoms with Crippen LogP contribution < -0.4 is 0 Å². The van der Waals surface area contributed by atoms with Crippen molar-refractivity contribution in [2.75, 3.05) is 13.7 Å². The highest BCUT2D eigenvalue weighted by molar-refractivity contribution is 5.98. The molecular formula is C17H24O2. The predicted molar refractivity (Wildman–Crippen MR) is 77.5 cm³/mol. The van der Waals surface area contributed by atoms with Gasteiger partial charge in [-0.3, -0.25) is 4.79 Å². The van der Waals surface area contributed by atoms with Crippen LogP contribution in [0.2, 0.25) is 0 Å². The Morgan fingerprint density at radius 1 is 1.21 bits per heavy atom. The summed E-state index contributed by atoms with van der Waals surface area (Å²) in [5.41, 5.74) is 2.04. The first-order valence-electron chi connectivity index (χ1n) is 7.41. The first-order chi connectivity index (χ1) is 9.31. The second-order valence-electron chi connectivity index (χ2n) is 5.56. The Morgan fingerprint density at radius 3 is 2.68 bits per heavy atom. The second kappa shape index (κ2) is 7.44. The van der Waals surface area contributed by atoms with Gasteiger partial charge in [-0.1, -0.05) is 56.4 Å². The fourth-order valence-electron chi connectivity index (χ4n) is 3.05. The number of Topliss-reactive ketones (excluding diaryl/α,β-unsaturated/α-hetero) is 1. The first kappa shape index (κ1) is 14.3. The average Bonchev–Trinajstić information content (AvgIpc) is 2.47. The van der Waals surface area contributed by atoms with Crippen molar-refractivity contribution in [3.05, 3.63) is 35.4 Å². The molecule has 1 aliphatic rings. The van der Waals surface area contributed by atoms with Crippen molar-refractivity contribution in [2.45, 2.75) is 44.9 Å². The number of carbonyl (C=O) groups is 1. The Balaban J connectivity index is 1.97. The molecule has 2 nitrogen and oxygen atoms in total. The van der Waals surface area contributed by atoms with Gasteiger partial charge in [0.1, 0.15) is 6.61 Å². The van der Waals surface area contributed by atoms with E-state index in [0.29, 0.717) is 0 Å². The maximum absolute atomic E-state index is 12.0. The summed E-state index contributed by atoms with van der Waals surface area (Å²) in [6, 6.07) is 7.98. The zero-order valence-corrected chi connectivity index (χ0v) is 11.9. The third-order valence-corrected chi connectivity index (χ3v) is 4.14. The Bertz CT molecular complexity index is 405. The minimum absolute atomic E-state index is 0.0988. The monoisotopic (exact) mass is 260 g/mol. The highest BCUT2D eigenvalue weighted by atomic mass is 16.5. The number of ketones is 1. The zero-order valence-electron chi connectivity index (χ0n) is 11.9. The molecule has 0 atom stereocenters. The molecule has 0 saturated heterocycles. The van der Waals surface area contributed by atoms with E-state index in [1.165, 1.54) is 44.1 Å². The van der Waals surface area contributed by atoms with E-state index >= 15 is 0 Å². The summed E-state index contributed by atoms with van der Waals surface area (Å²) in [7, 11) is 1.57. The van der Waals surface area contributed by atoms with E-state index in [2.05, 4.69) is 6.07 Å². The van der Waals surface area contributed by atoms with Gasteiger partial charge < -0.3 is 4.74 Å². The number of rotatable bonds is 6. The van der Waals surface area contributed by atoms with Crippen LogP contribution in [-0.2, 0) is 11.2 Å². The fraction of sp³-hybridized carbons (Fsp3) is 0.588. The SMILES string of the molecule is COCC(=O)c1ccccc1CCC1CCCCC1. The van der Waals surface area contributed by atoms with E-state index in [4.69, 9.17) is 4.74 Å². The lowest BCUT2D eigenvalue weighted by atomic mass is 9.84. The molecule has 0 aliphatic heterocycles. The maximum atomic E-state index is 12.0. The van der Waals surface area contributed by atoms with Crippen molar-refractivity contribution in [1.82, 2.24) is 0 Å². The van der Waals surface area contributed by atoms with Crippen LogP contribution in [0.15, 0.2) is 24.3 Å². The molecule has 0 aromatic heterocycles. The van der Waals surface area contributed by atoms with Gasteiger partial charge in [0.2, 0.25) is 0 Å². The summed E-state index contributed by atoms with van der Waals surface area (Å²) in [5, 5.41) is 0. The molecule has 0 radical (unpaired) electrons. The highest BCUT2D eigenvalue weighted by Gasteiger charge is 2.15. The van der Waals surface area contributed by atoms with Gasteiger partial charge in [0.05, 0.1) is 0 Å². The minimum Gasteiger partial charge on any atom is -0.377 e. The lowest BCUT2D eigenvalue weighted by Crippen LogP contribution is -2.12. The van der Waals surface area contributed by atoms with E-state index < -0.39 is 0 Å².